The SMILES string of the molecule is C#C[C@@H](Nc1nc(C)nc2cc(=O)n(C34CCC(CC3)CC4)cc12)c1cccc(C(F)(F)F)c1C. The van der Waals surface area contributed by atoms with E-state index in [4.69, 9.17) is 6.42 Å². The van der Waals surface area contributed by atoms with Crippen LogP contribution in [0.4, 0.5) is 19.0 Å². The highest BCUT2D eigenvalue weighted by molar-refractivity contribution is 5.88. The highest BCUT2D eigenvalue weighted by Crippen LogP contribution is 2.48. The van der Waals surface area contributed by atoms with Crippen molar-refractivity contribution >= 4 is 16.7 Å². The maximum absolute atomic E-state index is 13.5. The number of fused-ring (bicyclic) bond motifs is 4. The Bertz CT molecular complexity index is 1380. The van der Waals surface area contributed by atoms with Gasteiger partial charge in [0, 0.05) is 17.8 Å². The van der Waals surface area contributed by atoms with Gasteiger partial charge in [-0.2, -0.15) is 13.2 Å². The van der Waals surface area contributed by atoms with Gasteiger partial charge < -0.3 is 9.88 Å². The molecular weight excluding hydrogens is 453 g/mol. The summed E-state index contributed by atoms with van der Waals surface area (Å²) in [6.45, 7) is 3.13. The zero-order valence-electron chi connectivity index (χ0n) is 19.7. The number of alkyl halides is 3. The van der Waals surface area contributed by atoms with E-state index in [0.717, 1.165) is 50.5 Å². The molecule has 8 heteroatoms. The molecule has 2 aromatic heterocycles. The highest BCUT2D eigenvalue weighted by Gasteiger charge is 2.42. The fraction of sp³-hybridized carbons (Fsp3) is 0.444. The number of terminal acetylenes is 1. The van der Waals surface area contributed by atoms with E-state index in [1.165, 1.54) is 19.1 Å². The minimum absolute atomic E-state index is 0.0697. The molecule has 1 atom stereocenters. The molecule has 5 nitrogen and oxygen atoms in total. The molecule has 3 fully saturated rings. The molecule has 3 aliphatic carbocycles. The van der Waals surface area contributed by atoms with Crippen LogP contribution >= 0.6 is 0 Å². The maximum atomic E-state index is 13.5. The molecule has 3 aliphatic rings. The van der Waals surface area contributed by atoms with Crippen molar-refractivity contribution in [3.05, 3.63) is 63.3 Å². The summed E-state index contributed by atoms with van der Waals surface area (Å²) < 4.78 is 42.3. The lowest BCUT2D eigenvalue weighted by molar-refractivity contribution is -0.138. The molecule has 2 bridgehead atoms. The Balaban J connectivity index is 1.60. The topological polar surface area (TPSA) is 59.8 Å². The minimum Gasteiger partial charge on any atom is -0.352 e. The Hall–Kier alpha value is -3.34. The average molecular weight is 481 g/mol. The normalized spacial score (nSPS) is 22.7. The molecule has 2 heterocycles. The largest absolute Gasteiger partial charge is 0.416 e. The van der Waals surface area contributed by atoms with Gasteiger partial charge in [-0.25, -0.2) is 9.97 Å². The Morgan fingerprint density at radius 2 is 1.86 bits per heavy atom. The van der Waals surface area contributed by atoms with Gasteiger partial charge in [-0.1, -0.05) is 18.1 Å². The Morgan fingerprint density at radius 1 is 1.17 bits per heavy atom. The van der Waals surface area contributed by atoms with Crippen LogP contribution in [-0.4, -0.2) is 14.5 Å². The molecule has 0 aliphatic heterocycles. The van der Waals surface area contributed by atoms with Gasteiger partial charge in [-0.3, -0.25) is 4.79 Å². The number of nitrogens with one attached hydrogen (secondary N) is 1. The fourth-order valence-electron chi connectivity index (χ4n) is 5.91. The molecule has 1 N–H and O–H groups in total. The molecule has 1 aromatic carbocycles. The van der Waals surface area contributed by atoms with Gasteiger partial charge in [0.15, 0.2) is 0 Å². The predicted octanol–water partition coefficient (Wildman–Crippen LogP) is 5.89. The van der Waals surface area contributed by atoms with Crippen LogP contribution in [0.2, 0.25) is 0 Å². The fourth-order valence-corrected chi connectivity index (χ4v) is 5.91. The molecule has 0 radical (unpaired) electrons. The first-order valence-electron chi connectivity index (χ1n) is 11.9. The van der Waals surface area contributed by atoms with Crippen LogP contribution in [-0.2, 0) is 11.7 Å². The Morgan fingerprint density at radius 3 is 2.49 bits per heavy atom. The van der Waals surface area contributed by atoms with E-state index in [9.17, 15) is 18.0 Å². The molecule has 0 spiro atoms. The van der Waals surface area contributed by atoms with E-state index in [-0.39, 0.29) is 16.7 Å². The number of hydrogen-bond acceptors (Lipinski definition) is 4. The van der Waals surface area contributed by atoms with Crippen molar-refractivity contribution in [1.82, 2.24) is 14.5 Å². The first-order valence-corrected chi connectivity index (χ1v) is 11.9. The number of aryl methyl sites for hydroxylation is 1. The zero-order valence-corrected chi connectivity index (χ0v) is 19.7. The van der Waals surface area contributed by atoms with Crippen molar-refractivity contribution in [2.45, 2.75) is 70.1 Å². The summed E-state index contributed by atoms with van der Waals surface area (Å²) >= 11 is 0. The molecule has 3 saturated carbocycles. The molecular formula is C27H27F3N4O. The van der Waals surface area contributed by atoms with Crippen LogP contribution in [0, 0.1) is 32.1 Å². The van der Waals surface area contributed by atoms with E-state index in [1.807, 2.05) is 10.8 Å². The monoisotopic (exact) mass is 480 g/mol. The number of pyridine rings is 1. The van der Waals surface area contributed by atoms with Crippen molar-refractivity contribution in [3.8, 4) is 12.3 Å². The van der Waals surface area contributed by atoms with Crippen molar-refractivity contribution in [2.24, 2.45) is 5.92 Å². The molecule has 0 amide bonds. The first-order chi connectivity index (χ1) is 16.6. The lowest BCUT2D eigenvalue weighted by Crippen LogP contribution is -2.47. The second-order valence-electron chi connectivity index (χ2n) is 9.87. The molecule has 3 aromatic rings. The van der Waals surface area contributed by atoms with Crippen molar-refractivity contribution in [3.63, 3.8) is 0 Å². The minimum atomic E-state index is -4.48. The van der Waals surface area contributed by atoms with Crippen LogP contribution in [0.15, 0.2) is 35.3 Å². The van der Waals surface area contributed by atoms with E-state index in [0.29, 0.717) is 28.1 Å². The third kappa shape index (κ3) is 4.07. The number of rotatable bonds is 4. The van der Waals surface area contributed by atoms with Gasteiger partial charge in [-0.05, 0) is 75.5 Å². The van der Waals surface area contributed by atoms with Gasteiger partial charge in [0.05, 0.1) is 16.5 Å². The standard InChI is InChI=1S/C27H27F3N4O/c1-4-22(19-6-5-7-21(16(19)2)27(28,29)30)33-25-20-15-34(24(35)14-23(20)31-17(3)32-25)26-11-8-18(9-12-26)10-13-26/h1,5-7,14-15,18,22H,8-13H2,2-3H3,(H,31,32,33)/t18?,22-,26?/m1/s1. The van der Waals surface area contributed by atoms with Crippen LogP contribution < -0.4 is 10.9 Å². The van der Waals surface area contributed by atoms with Crippen LogP contribution in [0.3, 0.4) is 0 Å². The molecule has 182 valence electrons. The molecule has 0 saturated heterocycles. The van der Waals surface area contributed by atoms with Crippen LogP contribution in [0.5, 0.6) is 0 Å². The summed E-state index contributed by atoms with van der Waals surface area (Å²) in [5, 5.41) is 3.80. The number of nitrogens with zero attached hydrogens (tertiary/aromatic N) is 3. The number of halogens is 3. The third-order valence-electron chi connectivity index (χ3n) is 7.85. The number of anilines is 1. The number of aromatic nitrogens is 3. The average Bonchev–Trinajstić information content (AvgIpc) is 2.82. The maximum Gasteiger partial charge on any atom is 0.416 e. The summed E-state index contributed by atoms with van der Waals surface area (Å²) in [6, 6.07) is 4.68. The third-order valence-corrected chi connectivity index (χ3v) is 7.85. The summed E-state index contributed by atoms with van der Waals surface area (Å²) in [6.07, 6.45) is 9.38. The summed E-state index contributed by atoms with van der Waals surface area (Å²) in [5.41, 5.74) is -0.111. The van der Waals surface area contributed by atoms with E-state index >= 15 is 0 Å². The number of benzene rings is 1. The molecule has 35 heavy (non-hydrogen) atoms. The second-order valence-corrected chi connectivity index (χ2v) is 9.87. The van der Waals surface area contributed by atoms with Gasteiger partial charge in [0.1, 0.15) is 17.7 Å². The Labute approximate surface area is 201 Å². The van der Waals surface area contributed by atoms with Gasteiger partial charge in [0.2, 0.25) is 0 Å². The highest BCUT2D eigenvalue weighted by atomic mass is 19.4. The van der Waals surface area contributed by atoms with Crippen molar-refractivity contribution in [1.29, 1.82) is 0 Å². The molecule has 6 rings (SSSR count). The lowest BCUT2D eigenvalue weighted by atomic mass is 9.65. The van der Waals surface area contributed by atoms with Crippen LogP contribution in [0.1, 0.15) is 67.1 Å². The quantitative estimate of drug-likeness (QED) is 0.473. The Kier molecular flexibility index (Phi) is 5.62. The second kappa shape index (κ2) is 8.40. The smallest absolute Gasteiger partial charge is 0.352 e. The van der Waals surface area contributed by atoms with E-state index in [2.05, 4.69) is 21.2 Å². The van der Waals surface area contributed by atoms with E-state index in [1.54, 1.807) is 13.0 Å². The summed E-state index contributed by atoms with van der Waals surface area (Å²) in [5.74, 6) is 4.17. The predicted molar refractivity (Wildman–Crippen MR) is 129 cm³/mol. The van der Waals surface area contributed by atoms with Crippen molar-refractivity contribution in [2.75, 3.05) is 5.32 Å². The lowest BCUT2D eigenvalue weighted by Gasteiger charge is -2.47. The van der Waals surface area contributed by atoms with Gasteiger partial charge in [0.25, 0.3) is 5.56 Å². The van der Waals surface area contributed by atoms with E-state index < -0.39 is 17.8 Å². The summed E-state index contributed by atoms with van der Waals surface area (Å²) in [4.78, 5) is 22.1. The summed E-state index contributed by atoms with van der Waals surface area (Å²) in [7, 11) is 0. The molecule has 0 unspecified atom stereocenters. The zero-order chi connectivity index (χ0) is 25.0. The first kappa shape index (κ1) is 23.4. The van der Waals surface area contributed by atoms with Gasteiger partial charge in [-0.15, -0.1) is 6.42 Å². The van der Waals surface area contributed by atoms with Crippen LogP contribution in [0.25, 0.3) is 10.9 Å². The number of hydrogen-bond donors (Lipinski definition) is 1. The van der Waals surface area contributed by atoms with Crippen molar-refractivity contribution < 1.29 is 13.2 Å². The van der Waals surface area contributed by atoms with Gasteiger partial charge >= 0.3 is 6.18 Å².